The van der Waals surface area contributed by atoms with E-state index in [1.165, 1.54) is 7.11 Å². The van der Waals surface area contributed by atoms with Crippen molar-refractivity contribution in [2.45, 2.75) is 17.6 Å². The molecule has 3 aliphatic rings. The molecule has 4 atom stereocenters. The molecule has 0 saturated heterocycles. The van der Waals surface area contributed by atoms with Gasteiger partial charge in [0.25, 0.3) is 0 Å². The number of ketones is 1. The van der Waals surface area contributed by atoms with Gasteiger partial charge in [-0.2, -0.15) is 11.8 Å². The zero-order valence-corrected chi connectivity index (χ0v) is 11.7. The van der Waals surface area contributed by atoms with Crippen molar-refractivity contribution in [3.8, 4) is 0 Å². The summed E-state index contributed by atoms with van der Waals surface area (Å²) in [4.78, 5) is 24.0. The number of Topliss-reactive ketones (excluding diaryl/α,β-unsaturated/α-hetero) is 1. The Morgan fingerprint density at radius 1 is 1.50 bits per heavy atom. The van der Waals surface area contributed by atoms with E-state index in [0.717, 1.165) is 6.29 Å². The van der Waals surface area contributed by atoms with E-state index in [4.69, 9.17) is 9.47 Å². The summed E-state index contributed by atoms with van der Waals surface area (Å²) < 4.78 is 11.0. The van der Waals surface area contributed by atoms with Crippen LogP contribution in [0.3, 0.4) is 0 Å². The highest BCUT2D eigenvalue weighted by Crippen LogP contribution is 2.49. The van der Waals surface area contributed by atoms with Crippen molar-refractivity contribution in [1.29, 1.82) is 0 Å². The van der Waals surface area contributed by atoms with Gasteiger partial charge in [-0.3, -0.25) is 4.79 Å². The number of aldehydes is 1. The first-order chi connectivity index (χ1) is 8.61. The fourth-order valence-electron chi connectivity index (χ4n) is 3.16. The Hall–Kier alpha value is -0.650. The molecule has 0 unspecified atom stereocenters. The molecular formula is C13H18O4S. The number of hydrogen-bond donors (Lipinski definition) is 0. The van der Waals surface area contributed by atoms with Crippen molar-refractivity contribution < 1.29 is 19.1 Å². The molecule has 0 aromatic carbocycles. The van der Waals surface area contributed by atoms with Gasteiger partial charge in [0.15, 0.2) is 5.60 Å². The number of hydrogen-bond acceptors (Lipinski definition) is 5. The van der Waals surface area contributed by atoms with Gasteiger partial charge in [0.05, 0.1) is 5.92 Å². The molecule has 0 aromatic rings. The van der Waals surface area contributed by atoms with Gasteiger partial charge in [0, 0.05) is 25.9 Å². The minimum Gasteiger partial charge on any atom is -0.369 e. The Labute approximate surface area is 111 Å². The van der Waals surface area contributed by atoms with Crippen LogP contribution < -0.4 is 0 Å². The zero-order chi connectivity index (χ0) is 13.4. The van der Waals surface area contributed by atoms with E-state index < -0.39 is 17.1 Å². The van der Waals surface area contributed by atoms with E-state index >= 15 is 0 Å². The van der Waals surface area contributed by atoms with Crippen molar-refractivity contribution in [2.75, 3.05) is 26.2 Å². The second-order valence-corrected chi connectivity index (χ2v) is 5.66. The van der Waals surface area contributed by atoms with Gasteiger partial charge in [-0.25, -0.2) is 0 Å². The quantitative estimate of drug-likeness (QED) is 0.553. The van der Waals surface area contributed by atoms with Gasteiger partial charge in [0.2, 0.25) is 5.78 Å². The van der Waals surface area contributed by atoms with Crippen LogP contribution in [0.5, 0.6) is 0 Å². The molecule has 2 bridgehead atoms. The molecule has 4 nitrogen and oxygen atoms in total. The predicted molar refractivity (Wildman–Crippen MR) is 69.7 cm³/mol. The summed E-state index contributed by atoms with van der Waals surface area (Å²) in [5, 5.41) is 0. The van der Waals surface area contributed by atoms with E-state index in [-0.39, 0.29) is 11.7 Å². The van der Waals surface area contributed by atoms with Crippen molar-refractivity contribution >= 4 is 23.8 Å². The average molecular weight is 270 g/mol. The second kappa shape index (κ2) is 4.79. The lowest BCUT2D eigenvalue weighted by Gasteiger charge is -2.53. The maximum Gasteiger partial charge on any atom is 0.202 e. The highest BCUT2D eigenvalue weighted by atomic mass is 32.2. The van der Waals surface area contributed by atoms with Gasteiger partial charge in [0.1, 0.15) is 11.9 Å². The van der Waals surface area contributed by atoms with Gasteiger partial charge in [-0.15, -0.1) is 0 Å². The van der Waals surface area contributed by atoms with Crippen LogP contribution in [0.4, 0.5) is 0 Å². The van der Waals surface area contributed by atoms with Gasteiger partial charge >= 0.3 is 0 Å². The maximum absolute atomic E-state index is 12.8. The van der Waals surface area contributed by atoms with Crippen molar-refractivity contribution in [3.63, 3.8) is 0 Å². The normalized spacial score (nSPS) is 42.3. The summed E-state index contributed by atoms with van der Waals surface area (Å²) in [5.74, 6) is 0.00334. The topological polar surface area (TPSA) is 52.6 Å². The first-order valence-corrected chi connectivity index (χ1v) is 7.29. The van der Waals surface area contributed by atoms with E-state index in [9.17, 15) is 9.59 Å². The van der Waals surface area contributed by atoms with Gasteiger partial charge in [-0.05, 0) is 18.8 Å². The molecule has 18 heavy (non-hydrogen) atoms. The van der Waals surface area contributed by atoms with E-state index in [0.29, 0.717) is 12.2 Å². The molecule has 1 fully saturated rings. The SMILES string of the molecule is CO[C@]12C=C[C@H](C[C@H]1C=O)[C@](CSC)(OC)C2=O. The molecule has 1 saturated carbocycles. The molecule has 3 aliphatic carbocycles. The van der Waals surface area contributed by atoms with Crippen LogP contribution in [0.2, 0.25) is 0 Å². The van der Waals surface area contributed by atoms with E-state index in [1.807, 2.05) is 12.3 Å². The summed E-state index contributed by atoms with van der Waals surface area (Å²) in [5.41, 5.74) is -1.99. The van der Waals surface area contributed by atoms with Crippen LogP contribution in [0.25, 0.3) is 0 Å². The maximum atomic E-state index is 12.8. The van der Waals surface area contributed by atoms with E-state index in [1.54, 1.807) is 24.9 Å². The Bertz CT molecular complexity index is 394. The minimum absolute atomic E-state index is 0.0466. The number of carbonyl (C=O) groups excluding carboxylic acids is 2. The van der Waals surface area contributed by atoms with Gasteiger partial charge < -0.3 is 14.3 Å². The Morgan fingerprint density at radius 2 is 2.22 bits per heavy atom. The molecule has 0 spiro atoms. The van der Waals surface area contributed by atoms with Crippen LogP contribution in [-0.2, 0) is 19.1 Å². The smallest absolute Gasteiger partial charge is 0.202 e. The molecule has 0 heterocycles. The summed E-state index contributed by atoms with van der Waals surface area (Å²) >= 11 is 1.57. The van der Waals surface area contributed by atoms with Crippen molar-refractivity contribution in [2.24, 2.45) is 11.8 Å². The lowest BCUT2D eigenvalue weighted by Crippen LogP contribution is -2.68. The molecule has 5 heteroatoms. The number of fused-ring (bicyclic) bond motifs is 2. The summed E-state index contributed by atoms with van der Waals surface area (Å²) in [6, 6.07) is 0. The fraction of sp³-hybridized carbons (Fsp3) is 0.692. The number of ether oxygens (including phenoxy) is 2. The Balaban J connectivity index is 2.50. The number of thioether (sulfide) groups is 1. The van der Waals surface area contributed by atoms with Crippen molar-refractivity contribution in [3.05, 3.63) is 12.2 Å². The van der Waals surface area contributed by atoms with E-state index in [2.05, 4.69) is 0 Å². The monoisotopic (exact) mass is 270 g/mol. The van der Waals surface area contributed by atoms with Crippen LogP contribution in [0.15, 0.2) is 12.2 Å². The van der Waals surface area contributed by atoms with Crippen molar-refractivity contribution in [1.82, 2.24) is 0 Å². The highest BCUT2D eigenvalue weighted by Gasteiger charge is 2.64. The third kappa shape index (κ3) is 1.54. The lowest BCUT2D eigenvalue weighted by molar-refractivity contribution is -0.181. The Morgan fingerprint density at radius 3 is 2.72 bits per heavy atom. The largest absolute Gasteiger partial charge is 0.369 e. The number of carbonyl (C=O) groups is 2. The highest BCUT2D eigenvalue weighted by molar-refractivity contribution is 7.98. The molecule has 0 N–H and O–H groups in total. The molecule has 0 aromatic heterocycles. The molecule has 0 aliphatic heterocycles. The first-order valence-electron chi connectivity index (χ1n) is 5.90. The number of methoxy groups -OCH3 is 2. The van der Waals surface area contributed by atoms with Crippen LogP contribution >= 0.6 is 11.8 Å². The Kier molecular flexibility index (Phi) is 3.67. The minimum atomic E-state index is -1.14. The second-order valence-electron chi connectivity index (χ2n) is 4.80. The average Bonchev–Trinajstić information content (AvgIpc) is 2.42. The molecule has 0 amide bonds. The summed E-state index contributed by atoms with van der Waals surface area (Å²) in [6.45, 7) is 0. The summed E-state index contributed by atoms with van der Waals surface area (Å²) in [6.07, 6.45) is 7.08. The molecule has 3 rings (SSSR count). The van der Waals surface area contributed by atoms with Crippen LogP contribution in [0, 0.1) is 11.8 Å². The fourth-order valence-corrected chi connectivity index (χ4v) is 4.05. The first kappa shape index (κ1) is 13.8. The summed E-state index contributed by atoms with van der Waals surface area (Å²) in [7, 11) is 3.03. The molecule has 100 valence electrons. The van der Waals surface area contributed by atoms with Crippen LogP contribution in [-0.4, -0.2) is 49.5 Å². The standard InChI is InChI=1S/C13H18O4S/c1-16-12-5-4-9(6-10(12)7-14)13(17-2,8-18-3)11(12)15/h4-5,7,9-10H,6,8H2,1-3H3/t9-,10+,12-,13+/m1/s1. The lowest BCUT2D eigenvalue weighted by atomic mass is 9.58. The molecule has 0 radical (unpaired) electrons. The predicted octanol–water partition coefficient (Wildman–Crippen LogP) is 1.09. The molecular weight excluding hydrogens is 252 g/mol. The third-order valence-corrected chi connectivity index (χ3v) is 4.92. The third-order valence-electron chi connectivity index (χ3n) is 4.20. The van der Waals surface area contributed by atoms with Gasteiger partial charge in [-0.1, -0.05) is 6.08 Å². The number of rotatable bonds is 5. The zero-order valence-electron chi connectivity index (χ0n) is 10.8. The van der Waals surface area contributed by atoms with Crippen LogP contribution in [0.1, 0.15) is 6.42 Å².